The Morgan fingerprint density at radius 3 is 1.24 bits per heavy atom. The van der Waals surface area contributed by atoms with Crippen molar-refractivity contribution in [3.05, 3.63) is 83.9 Å². The van der Waals surface area contributed by atoms with E-state index in [1.54, 1.807) is 0 Å². The maximum absolute atomic E-state index is 2.40. The predicted octanol–water partition coefficient (Wildman–Crippen LogP) is 7.05. The highest BCUT2D eigenvalue weighted by Crippen LogP contribution is 2.35. The van der Waals surface area contributed by atoms with Crippen LogP contribution in [-0.4, -0.2) is 0 Å². The monoisotopic (exact) mass is 336 g/mol. The first-order valence-electron chi connectivity index (χ1n) is 8.73. The molecule has 1 heteroatoms. The lowest BCUT2D eigenvalue weighted by Gasteiger charge is -2.08. The maximum atomic E-state index is 2.40. The van der Waals surface area contributed by atoms with Crippen LogP contribution in [0.25, 0.3) is 43.1 Å². The summed E-state index contributed by atoms with van der Waals surface area (Å²) in [6.45, 7) is 0. The van der Waals surface area contributed by atoms with E-state index >= 15 is 0 Å². The molecule has 0 amide bonds. The molecular weight excluding hydrogens is 320 g/mol. The van der Waals surface area contributed by atoms with E-state index in [-0.39, 0.29) is 0 Å². The second kappa shape index (κ2) is 5.00. The van der Waals surface area contributed by atoms with Crippen LogP contribution in [0.2, 0.25) is 0 Å². The highest BCUT2D eigenvalue weighted by molar-refractivity contribution is 7.98. The highest BCUT2D eigenvalue weighted by Gasteiger charge is 2.12. The van der Waals surface area contributed by atoms with Gasteiger partial charge in [-0.2, -0.15) is 11.8 Å². The molecule has 0 nitrogen and oxygen atoms in total. The molecule has 1 heterocycles. The molecule has 0 unspecified atom stereocenters. The summed E-state index contributed by atoms with van der Waals surface area (Å²) in [5.41, 5.74) is 3.03. The van der Waals surface area contributed by atoms with Crippen molar-refractivity contribution in [2.45, 2.75) is 11.5 Å². The summed E-state index contributed by atoms with van der Waals surface area (Å²) in [7, 11) is 0. The predicted molar refractivity (Wildman–Crippen MR) is 111 cm³/mol. The van der Waals surface area contributed by atoms with E-state index in [0.717, 1.165) is 11.5 Å². The van der Waals surface area contributed by atoms with Gasteiger partial charge in [-0.15, -0.1) is 0 Å². The molecule has 0 bridgehead atoms. The second-order valence-corrected chi connectivity index (χ2v) is 8.04. The lowest BCUT2D eigenvalue weighted by atomic mass is 9.96. The van der Waals surface area contributed by atoms with Crippen molar-refractivity contribution >= 4 is 54.9 Å². The zero-order valence-corrected chi connectivity index (χ0v) is 14.6. The van der Waals surface area contributed by atoms with E-state index in [1.807, 2.05) is 11.8 Å². The number of hydrogen-bond acceptors (Lipinski definition) is 1. The van der Waals surface area contributed by atoms with E-state index in [2.05, 4.69) is 72.8 Å². The molecule has 118 valence electrons. The van der Waals surface area contributed by atoms with Crippen molar-refractivity contribution < 1.29 is 0 Å². The van der Waals surface area contributed by atoms with Gasteiger partial charge in [-0.1, -0.05) is 24.3 Å². The molecule has 0 N–H and O–H groups in total. The topological polar surface area (TPSA) is 0 Å². The van der Waals surface area contributed by atoms with Gasteiger partial charge < -0.3 is 0 Å². The van der Waals surface area contributed by atoms with E-state index in [4.69, 9.17) is 0 Å². The Bertz CT molecular complexity index is 1210. The fraction of sp³-hybridized carbons (Fsp3) is 0.0833. The molecule has 0 aromatic heterocycles. The van der Waals surface area contributed by atoms with Crippen molar-refractivity contribution in [1.82, 2.24) is 0 Å². The average molecular weight is 336 g/mol. The smallest absolute Gasteiger partial charge is 0.0191 e. The molecule has 6 rings (SSSR count). The zero-order chi connectivity index (χ0) is 16.4. The van der Waals surface area contributed by atoms with Crippen LogP contribution in [0.4, 0.5) is 0 Å². The van der Waals surface area contributed by atoms with Gasteiger partial charge in [0.15, 0.2) is 0 Å². The van der Waals surface area contributed by atoms with Crippen LogP contribution in [0.5, 0.6) is 0 Å². The summed E-state index contributed by atoms with van der Waals surface area (Å²) in [6, 6.07) is 27.5. The normalized spacial score (nSPS) is 13.9. The molecule has 25 heavy (non-hydrogen) atoms. The quantitative estimate of drug-likeness (QED) is 0.273. The standard InChI is InChI=1S/C24H16S/c1-2-4-16-6-18-8-20-10-22-12-24-14-25-13-23(24)11-21(22)9-19(20)7-17(18)5-15(16)3-1/h1-12H,13-14H2. The lowest BCUT2D eigenvalue weighted by molar-refractivity contribution is 1.38. The number of benzene rings is 5. The van der Waals surface area contributed by atoms with Crippen LogP contribution in [0.15, 0.2) is 72.8 Å². The number of thioether (sulfide) groups is 1. The third-order valence-electron chi connectivity index (χ3n) is 5.45. The summed E-state index contributed by atoms with van der Waals surface area (Å²) in [5, 5.41) is 10.7. The van der Waals surface area contributed by atoms with Gasteiger partial charge in [0.25, 0.3) is 0 Å². The van der Waals surface area contributed by atoms with Gasteiger partial charge in [0, 0.05) is 11.5 Å². The van der Waals surface area contributed by atoms with Gasteiger partial charge in [0.1, 0.15) is 0 Å². The molecular formula is C24H16S. The molecule has 0 saturated carbocycles. The lowest BCUT2D eigenvalue weighted by Crippen LogP contribution is -1.85. The Balaban J connectivity index is 1.69. The van der Waals surface area contributed by atoms with Crippen molar-refractivity contribution in [3.8, 4) is 0 Å². The summed E-state index contributed by atoms with van der Waals surface area (Å²) >= 11 is 2.02. The summed E-state index contributed by atoms with van der Waals surface area (Å²) in [5.74, 6) is 2.32. The first kappa shape index (κ1) is 13.7. The second-order valence-electron chi connectivity index (χ2n) is 7.06. The third-order valence-corrected chi connectivity index (χ3v) is 6.48. The van der Waals surface area contributed by atoms with Gasteiger partial charge in [-0.05, 0) is 103 Å². The van der Waals surface area contributed by atoms with Crippen molar-refractivity contribution in [2.24, 2.45) is 0 Å². The first-order chi connectivity index (χ1) is 12.3. The molecule has 0 radical (unpaired) electrons. The van der Waals surface area contributed by atoms with Crippen molar-refractivity contribution in [2.75, 3.05) is 0 Å². The fourth-order valence-electron chi connectivity index (χ4n) is 4.13. The molecule has 1 aliphatic heterocycles. The van der Waals surface area contributed by atoms with Crippen LogP contribution in [0.1, 0.15) is 11.1 Å². The van der Waals surface area contributed by atoms with E-state index in [1.165, 1.54) is 54.2 Å². The largest absolute Gasteiger partial charge is 0.152 e. The molecule has 0 spiro atoms. The van der Waals surface area contributed by atoms with E-state index in [9.17, 15) is 0 Å². The average Bonchev–Trinajstić information content (AvgIpc) is 3.08. The number of fused-ring (bicyclic) bond motifs is 5. The number of rotatable bonds is 0. The summed E-state index contributed by atoms with van der Waals surface area (Å²) in [6.07, 6.45) is 0. The molecule has 0 fully saturated rings. The fourth-order valence-corrected chi connectivity index (χ4v) is 5.21. The van der Waals surface area contributed by atoms with Gasteiger partial charge in [-0.3, -0.25) is 0 Å². The summed E-state index contributed by atoms with van der Waals surface area (Å²) in [4.78, 5) is 0. The molecule has 0 saturated heterocycles. The Labute approximate surface area is 150 Å². The van der Waals surface area contributed by atoms with Crippen LogP contribution in [0, 0.1) is 0 Å². The number of hydrogen-bond donors (Lipinski definition) is 0. The molecule has 1 aliphatic rings. The maximum Gasteiger partial charge on any atom is 0.0191 e. The Morgan fingerprint density at radius 2 is 0.800 bits per heavy atom. The highest BCUT2D eigenvalue weighted by atomic mass is 32.2. The van der Waals surface area contributed by atoms with Gasteiger partial charge in [-0.25, -0.2) is 0 Å². The SMILES string of the molecule is c1ccc2cc3cc4cc5cc6c(cc5cc4cc3cc2c1)CSC6. The van der Waals surface area contributed by atoms with Crippen LogP contribution in [0.3, 0.4) is 0 Å². The van der Waals surface area contributed by atoms with Crippen molar-refractivity contribution in [3.63, 3.8) is 0 Å². The summed E-state index contributed by atoms with van der Waals surface area (Å²) < 4.78 is 0. The Hall–Kier alpha value is -2.51. The van der Waals surface area contributed by atoms with Crippen LogP contribution in [-0.2, 0) is 11.5 Å². The van der Waals surface area contributed by atoms with Gasteiger partial charge in [0.05, 0.1) is 0 Å². The Kier molecular flexibility index (Phi) is 2.75. The van der Waals surface area contributed by atoms with Gasteiger partial charge in [0.2, 0.25) is 0 Å². The van der Waals surface area contributed by atoms with Crippen LogP contribution < -0.4 is 0 Å². The minimum atomic E-state index is 1.16. The first-order valence-corrected chi connectivity index (χ1v) is 9.89. The minimum Gasteiger partial charge on any atom is -0.152 e. The molecule has 5 aromatic carbocycles. The Morgan fingerprint density at radius 1 is 0.440 bits per heavy atom. The van der Waals surface area contributed by atoms with E-state index < -0.39 is 0 Å². The van der Waals surface area contributed by atoms with E-state index in [0.29, 0.717) is 0 Å². The van der Waals surface area contributed by atoms with Gasteiger partial charge >= 0.3 is 0 Å². The zero-order valence-electron chi connectivity index (χ0n) is 13.8. The third kappa shape index (κ3) is 2.09. The minimum absolute atomic E-state index is 1.16. The molecule has 0 atom stereocenters. The molecule has 0 aliphatic carbocycles. The molecule has 5 aromatic rings. The van der Waals surface area contributed by atoms with Crippen molar-refractivity contribution in [1.29, 1.82) is 0 Å². The van der Waals surface area contributed by atoms with Crippen LogP contribution >= 0.6 is 11.8 Å².